The number of aliphatic hydroxyl groups excluding tert-OH is 1. The summed E-state index contributed by atoms with van der Waals surface area (Å²) in [6, 6.07) is 0. The lowest BCUT2D eigenvalue weighted by molar-refractivity contribution is -0.161. The standard InChI is InChI=1S/C91H178O17P2/c1-6-10-13-16-19-22-25-28-31-34-37-40-43-46-49-52-55-62-67-71-76-90(95)107-86(80-101-88(93)74-69-64-59-53-50-47-44-41-38-35-32-29-26-23-20-17-14-11-7-2)82-105-109(97,98)103-78-85(92)79-104-110(99,100)106-83-87(81-102-89(94)75-70-65-60-57-56-58-63-68-73-84(5)9-4)108-91(96)77-72-66-61-54-51-48-45-42-39-36-33-30-27-24-21-18-15-12-8-3/h84-87,92H,6-83H2,1-5H3,(H,97,98)(H,99,100)/t84?,85-,86-,87-/m1/s1. The summed E-state index contributed by atoms with van der Waals surface area (Å²) in [4.78, 5) is 73.4. The lowest BCUT2D eigenvalue weighted by Gasteiger charge is -2.21. The maximum absolute atomic E-state index is 13.2. The molecule has 17 nitrogen and oxygen atoms in total. The molecule has 110 heavy (non-hydrogen) atoms. The van der Waals surface area contributed by atoms with Crippen LogP contribution in [0, 0.1) is 5.92 Å². The highest BCUT2D eigenvalue weighted by atomic mass is 31.2. The molecule has 0 saturated carbocycles. The first-order chi connectivity index (χ1) is 53.6. The molecule has 0 aromatic rings. The van der Waals surface area contributed by atoms with E-state index in [-0.39, 0.29) is 25.7 Å². The number of hydrogen-bond donors (Lipinski definition) is 3. The Morgan fingerprint density at radius 1 is 0.255 bits per heavy atom. The van der Waals surface area contributed by atoms with Crippen LogP contribution in [0.2, 0.25) is 0 Å². The van der Waals surface area contributed by atoms with Crippen molar-refractivity contribution in [1.29, 1.82) is 0 Å². The van der Waals surface area contributed by atoms with E-state index in [0.29, 0.717) is 25.7 Å². The average molecular weight is 1610 g/mol. The molecule has 3 unspecified atom stereocenters. The van der Waals surface area contributed by atoms with Crippen LogP contribution in [0.4, 0.5) is 0 Å². The first kappa shape index (κ1) is 108. The third kappa shape index (κ3) is 82.6. The molecule has 0 amide bonds. The van der Waals surface area contributed by atoms with Crippen molar-refractivity contribution in [2.24, 2.45) is 5.92 Å². The summed E-state index contributed by atoms with van der Waals surface area (Å²) >= 11 is 0. The molecule has 0 heterocycles. The van der Waals surface area contributed by atoms with Crippen molar-refractivity contribution in [1.82, 2.24) is 0 Å². The molecule has 3 N–H and O–H groups in total. The van der Waals surface area contributed by atoms with Gasteiger partial charge in [0.25, 0.3) is 0 Å². The number of carbonyl (C=O) groups excluding carboxylic acids is 4. The number of phosphoric acid groups is 2. The minimum Gasteiger partial charge on any atom is -0.462 e. The van der Waals surface area contributed by atoms with E-state index in [1.165, 1.54) is 321 Å². The molecule has 0 bridgehead atoms. The molecule has 0 aliphatic heterocycles. The molecule has 0 radical (unpaired) electrons. The summed E-state index contributed by atoms with van der Waals surface area (Å²) in [5.74, 6) is -1.32. The monoisotopic (exact) mass is 1610 g/mol. The minimum atomic E-state index is -4.97. The summed E-state index contributed by atoms with van der Waals surface area (Å²) in [7, 11) is -9.94. The van der Waals surface area contributed by atoms with E-state index in [0.717, 1.165) is 95.8 Å². The predicted octanol–water partition coefficient (Wildman–Crippen LogP) is 28.3. The van der Waals surface area contributed by atoms with Gasteiger partial charge in [0, 0.05) is 25.7 Å². The molecule has 0 fully saturated rings. The van der Waals surface area contributed by atoms with Crippen LogP contribution in [0.3, 0.4) is 0 Å². The summed E-state index contributed by atoms with van der Waals surface area (Å²) < 4.78 is 69.1. The van der Waals surface area contributed by atoms with Crippen LogP contribution < -0.4 is 0 Å². The van der Waals surface area contributed by atoms with Crippen molar-refractivity contribution < 1.29 is 80.2 Å². The zero-order valence-corrected chi connectivity index (χ0v) is 74.2. The van der Waals surface area contributed by atoms with Gasteiger partial charge in [-0.1, -0.05) is 446 Å². The average Bonchev–Trinajstić information content (AvgIpc) is 0.897. The Bertz CT molecular complexity index is 2080. The maximum Gasteiger partial charge on any atom is 0.472 e. The van der Waals surface area contributed by atoms with Gasteiger partial charge in [-0.25, -0.2) is 9.13 Å². The number of carbonyl (C=O) groups is 4. The highest BCUT2D eigenvalue weighted by Gasteiger charge is 2.31. The lowest BCUT2D eigenvalue weighted by Crippen LogP contribution is -2.30. The van der Waals surface area contributed by atoms with Gasteiger partial charge in [0.2, 0.25) is 0 Å². The zero-order valence-electron chi connectivity index (χ0n) is 72.4. The maximum atomic E-state index is 13.2. The first-order valence-corrected chi connectivity index (χ1v) is 50.2. The van der Waals surface area contributed by atoms with Gasteiger partial charge >= 0.3 is 39.5 Å². The molecule has 0 aliphatic carbocycles. The molecule has 0 aromatic carbocycles. The van der Waals surface area contributed by atoms with Gasteiger partial charge in [-0.15, -0.1) is 0 Å². The smallest absolute Gasteiger partial charge is 0.462 e. The fourth-order valence-electron chi connectivity index (χ4n) is 14.3. The number of esters is 4. The van der Waals surface area contributed by atoms with E-state index in [9.17, 15) is 43.2 Å². The van der Waals surface area contributed by atoms with E-state index in [4.69, 9.17) is 37.0 Å². The molecule has 0 aliphatic rings. The van der Waals surface area contributed by atoms with Gasteiger partial charge in [-0.05, 0) is 31.6 Å². The number of rotatable bonds is 91. The van der Waals surface area contributed by atoms with Crippen LogP contribution in [0.15, 0.2) is 0 Å². The Hall–Kier alpha value is -1.94. The van der Waals surface area contributed by atoms with Crippen LogP contribution in [-0.2, 0) is 65.4 Å². The highest BCUT2D eigenvalue weighted by Crippen LogP contribution is 2.45. The third-order valence-electron chi connectivity index (χ3n) is 21.9. The molecule has 0 aromatic heterocycles. The summed E-state index contributed by atoms with van der Waals surface area (Å²) in [6.07, 6.45) is 79.2. The van der Waals surface area contributed by atoms with Gasteiger partial charge < -0.3 is 33.8 Å². The van der Waals surface area contributed by atoms with Gasteiger partial charge in [0.1, 0.15) is 19.3 Å². The summed E-state index contributed by atoms with van der Waals surface area (Å²) in [5, 5.41) is 10.7. The fourth-order valence-corrected chi connectivity index (χ4v) is 15.9. The minimum absolute atomic E-state index is 0.109. The number of hydrogen-bond acceptors (Lipinski definition) is 15. The van der Waals surface area contributed by atoms with Gasteiger partial charge in [-0.3, -0.25) is 37.3 Å². The van der Waals surface area contributed by atoms with Crippen molar-refractivity contribution in [2.45, 2.75) is 515 Å². The van der Waals surface area contributed by atoms with E-state index >= 15 is 0 Å². The SMILES string of the molecule is CCCCCCCCCCCCCCCCCCCCCCC(=O)O[C@H](COC(=O)CCCCCCCCCCCCCCCCCCCCC)COP(=O)(O)OC[C@@H](O)COP(=O)(O)OC[C@@H](COC(=O)CCCCCCCCCCC(C)CC)OC(=O)CCCCCCCCCCCCCCCCCCCCC. The quantitative estimate of drug-likeness (QED) is 0.0222. The van der Waals surface area contributed by atoms with E-state index in [2.05, 4.69) is 34.6 Å². The second kappa shape index (κ2) is 83.5. The summed E-state index contributed by atoms with van der Waals surface area (Å²) in [5.41, 5.74) is 0. The molecule has 0 spiro atoms. The van der Waals surface area contributed by atoms with Crippen LogP contribution >= 0.6 is 15.6 Å². The molecule has 6 atom stereocenters. The lowest BCUT2D eigenvalue weighted by atomic mass is 9.99. The zero-order chi connectivity index (χ0) is 80.4. The van der Waals surface area contributed by atoms with Gasteiger partial charge in [-0.2, -0.15) is 0 Å². The number of phosphoric ester groups is 2. The summed E-state index contributed by atoms with van der Waals surface area (Å²) in [6.45, 7) is 7.40. The van der Waals surface area contributed by atoms with Gasteiger partial charge in [0.15, 0.2) is 12.2 Å². The number of ether oxygens (including phenoxy) is 4. The Morgan fingerprint density at radius 2 is 0.436 bits per heavy atom. The Labute approximate surface area is 677 Å². The van der Waals surface area contributed by atoms with Crippen molar-refractivity contribution in [3.63, 3.8) is 0 Å². The van der Waals surface area contributed by atoms with Crippen LogP contribution in [-0.4, -0.2) is 96.7 Å². The van der Waals surface area contributed by atoms with Crippen molar-refractivity contribution >= 4 is 39.5 Å². The molecule has 0 saturated heterocycles. The topological polar surface area (TPSA) is 237 Å². The number of aliphatic hydroxyl groups is 1. The van der Waals surface area contributed by atoms with Gasteiger partial charge in [0.05, 0.1) is 26.4 Å². The van der Waals surface area contributed by atoms with E-state index in [1.807, 2.05) is 0 Å². The predicted molar refractivity (Wildman–Crippen MR) is 455 cm³/mol. The van der Waals surface area contributed by atoms with E-state index in [1.54, 1.807) is 0 Å². The van der Waals surface area contributed by atoms with Crippen LogP contribution in [0.25, 0.3) is 0 Å². The van der Waals surface area contributed by atoms with Crippen LogP contribution in [0.1, 0.15) is 497 Å². The molecular weight excluding hydrogens is 1430 g/mol. The van der Waals surface area contributed by atoms with Crippen molar-refractivity contribution in [3.05, 3.63) is 0 Å². The Balaban J connectivity index is 5.25. The molecule has 0 rings (SSSR count). The Morgan fingerprint density at radius 3 is 0.645 bits per heavy atom. The van der Waals surface area contributed by atoms with Crippen LogP contribution in [0.5, 0.6) is 0 Å². The Kier molecular flexibility index (Phi) is 82.1. The second-order valence-corrected chi connectivity index (χ2v) is 35.8. The molecule has 19 heteroatoms. The van der Waals surface area contributed by atoms with Crippen molar-refractivity contribution in [3.8, 4) is 0 Å². The molecular formula is C91H178O17P2. The fraction of sp³-hybridized carbons (Fsp3) is 0.956. The normalized spacial score (nSPS) is 13.9. The largest absolute Gasteiger partial charge is 0.472 e. The second-order valence-electron chi connectivity index (χ2n) is 32.9. The van der Waals surface area contributed by atoms with Crippen molar-refractivity contribution in [2.75, 3.05) is 39.6 Å². The third-order valence-corrected chi connectivity index (χ3v) is 23.8. The number of unbranched alkanes of at least 4 members (excludes halogenated alkanes) is 62. The van der Waals surface area contributed by atoms with E-state index < -0.39 is 97.5 Å². The molecule has 654 valence electrons. The first-order valence-electron chi connectivity index (χ1n) is 47.2. The highest BCUT2D eigenvalue weighted by molar-refractivity contribution is 7.47.